The van der Waals surface area contributed by atoms with E-state index in [0.717, 1.165) is 9.96 Å². The second-order valence-corrected chi connectivity index (χ2v) is 11.6. The Balaban J connectivity index is 1.87. The number of aryl methyl sites for hydroxylation is 1. The lowest BCUT2D eigenvalue weighted by Crippen LogP contribution is -2.45. The number of hydrogen-bond acceptors (Lipinski definition) is 5. The van der Waals surface area contributed by atoms with Gasteiger partial charge in [0.1, 0.15) is 11.9 Å². The monoisotopic (exact) mass is 668 g/mol. The van der Waals surface area contributed by atoms with Crippen molar-refractivity contribution in [1.29, 1.82) is 0 Å². The lowest BCUT2D eigenvalue weighted by Gasteiger charge is -2.32. The molecule has 0 saturated carbocycles. The highest BCUT2D eigenvalue weighted by Gasteiger charge is 2.47. The summed E-state index contributed by atoms with van der Waals surface area (Å²) in [5.74, 6) is -3.30. The average Bonchev–Trinajstić information content (AvgIpc) is 3.34. The van der Waals surface area contributed by atoms with E-state index >= 15 is 0 Å². The van der Waals surface area contributed by atoms with Crippen LogP contribution in [0.2, 0.25) is 0 Å². The number of amides is 3. The lowest BCUT2D eigenvalue weighted by molar-refractivity contribution is -0.181. The molecule has 8 nitrogen and oxygen atoms in total. The van der Waals surface area contributed by atoms with Crippen LogP contribution in [0.15, 0.2) is 48.7 Å². The molecule has 1 aromatic heterocycles. The Morgan fingerprint density at radius 3 is 2.04 bits per heavy atom. The van der Waals surface area contributed by atoms with Gasteiger partial charge in [0, 0.05) is 37.7 Å². The van der Waals surface area contributed by atoms with E-state index in [9.17, 15) is 45.1 Å². The minimum Gasteiger partial charge on any atom is -0.357 e. The third-order valence-corrected chi connectivity index (χ3v) is 8.26. The van der Waals surface area contributed by atoms with Gasteiger partial charge in [0.05, 0.1) is 35.5 Å². The number of rotatable bonds is 7. The van der Waals surface area contributed by atoms with E-state index in [4.69, 9.17) is 4.84 Å². The first kappa shape index (κ1) is 35.3. The van der Waals surface area contributed by atoms with Crippen LogP contribution < -0.4 is 10.2 Å². The van der Waals surface area contributed by atoms with Crippen molar-refractivity contribution in [1.82, 2.24) is 15.4 Å². The molecule has 15 heteroatoms. The van der Waals surface area contributed by atoms with Crippen LogP contribution in [0.3, 0.4) is 0 Å². The number of carbonyl (C=O) groups is 3. The van der Waals surface area contributed by atoms with Gasteiger partial charge in [-0.25, -0.2) is 9.45 Å². The molecule has 0 radical (unpaired) electrons. The van der Waals surface area contributed by atoms with Gasteiger partial charge >= 0.3 is 12.4 Å². The maximum Gasteiger partial charge on any atom is 0.416 e. The van der Waals surface area contributed by atoms with E-state index in [1.54, 1.807) is 6.92 Å². The molecule has 1 aliphatic rings. The Morgan fingerprint density at radius 2 is 1.53 bits per heavy atom. The van der Waals surface area contributed by atoms with Gasteiger partial charge in [0.15, 0.2) is 0 Å². The van der Waals surface area contributed by atoms with Crippen LogP contribution in [-0.4, -0.2) is 55.0 Å². The molecule has 0 spiro atoms. The molecule has 0 aliphatic carbocycles. The lowest BCUT2D eigenvalue weighted by atomic mass is 9.81. The third kappa shape index (κ3) is 6.80. The fraction of sp³-hybridized carbons (Fsp3) is 0.375. The molecule has 1 fully saturated rings. The Morgan fingerprint density at radius 1 is 0.957 bits per heavy atom. The Labute approximate surface area is 265 Å². The maximum absolute atomic E-state index is 14.1. The van der Waals surface area contributed by atoms with Gasteiger partial charge in [0.2, 0.25) is 17.7 Å². The maximum atomic E-state index is 14.1. The third-order valence-electron chi connectivity index (χ3n) is 8.26. The number of halogens is 7. The van der Waals surface area contributed by atoms with Gasteiger partial charge in [0.25, 0.3) is 0 Å². The Kier molecular flexibility index (Phi) is 9.46. The Hall–Kier alpha value is -4.53. The summed E-state index contributed by atoms with van der Waals surface area (Å²) < 4.78 is 95.9. The molecule has 2 heterocycles. The smallest absolute Gasteiger partial charge is 0.357 e. The fourth-order valence-corrected chi connectivity index (χ4v) is 5.67. The predicted octanol–water partition coefficient (Wildman–Crippen LogP) is 6.17. The van der Waals surface area contributed by atoms with E-state index in [1.165, 1.54) is 65.5 Å². The first-order valence-corrected chi connectivity index (χ1v) is 14.1. The molecule has 3 amide bonds. The zero-order valence-corrected chi connectivity index (χ0v) is 26.1. The molecular weight excluding hydrogens is 637 g/mol. The number of pyridine rings is 1. The molecule has 1 unspecified atom stereocenters. The van der Waals surface area contributed by atoms with Crippen LogP contribution in [0.1, 0.15) is 54.1 Å². The van der Waals surface area contributed by atoms with Crippen LogP contribution in [0, 0.1) is 12.7 Å². The molecular formula is C32H31F7N4O4. The van der Waals surface area contributed by atoms with Crippen LogP contribution in [0.25, 0.3) is 11.1 Å². The van der Waals surface area contributed by atoms with E-state index in [0.29, 0.717) is 23.3 Å². The largest absolute Gasteiger partial charge is 0.416 e. The SMILES string of the molecule is CNC(=O)[C@@H]1C(c2cc(-c3ccc(F)cc3C)c(N(C)C(=O)C(C)(C)c3cc(C(F)(F)F)cc(C(F)(F)F)c3)cn2)CC(=O)N1OC. The molecule has 1 N–H and O–H groups in total. The number of aromatic nitrogens is 1. The quantitative estimate of drug-likeness (QED) is 0.305. The van der Waals surface area contributed by atoms with Crippen LogP contribution in [0.5, 0.6) is 0 Å². The van der Waals surface area contributed by atoms with Gasteiger partial charge in [-0.1, -0.05) is 6.07 Å². The minimum absolute atomic E-state index is 0.0175. The van der Waals surface area contributed by atoms with Crippen molar-refractivity contribution in [2.45, 2.75) is 56.9 Å². The number of likely N-dealkylation sites (N-methyl/N-ethyl adjacent to an activating group) is 2. The molecule has 2 atom stereocenters. The van der Waals surface area contributed by atoms with E-state index in [2.05, 4.69) is 10.3 Å². The van der Waals surface area contributed by atoms with Crippen LogP contribution in [-0.2, 0) is 37.0 Å². The summed E-state index contributed by atoms with van der Waals surface area (Å²) in [4.78, 5) is 50.1. The summed E-state index contributed by atoms with van der Waals surface area (Å²) >= 11 is 0. The number of carbonyl (C=O) groups excluding carboxylic acids is 3. The van der Waals surface area contributed by atoms with Crippen molar-refractivity contribution in [3.8, 4) is 11.1 Å². The van der Waals surface area contributed by atoms with Crippen molar-refractivity contribution in [2.75, 3.05) is 26.1 Å². The molecule has 1 saturated heterocycles. The number of alkyl halides is 6. The summed E-state index contributed by atoms with van der Waals surface area (Å²) in [6, 6.07) is 5.21. The molecule has 2 aromatic carbocycles. The van der Waals surface area contributed by atoms with Gasteiger partial charge in [-0.05, 0) is 73.9 Å². The normalized spacial score (nSPS) is 17.2. The molecule has 47 heavy (non-hydrogen) atoms. The van der Waals surface area contributed by atoms with Gasteiger partial charge < -0.3 is 10.2 Å². The van der Waals surface area contributed by atoms with Crippen LogP contribution >= 0.6 is 0 Å². The Bertz CT molecular complexity index is 1690. The van der Waals surface area contributed by atoms with Crippen molar-refractivity contribution in [2.24, 2.45) is 0 Å². The summed E-state index contributed by atoms with van der Waals surface area (Å²) in [6.07, 6.45) is -9.17. The van der Waals surface area contributed by atoms with E-state index in [1.807, 2.05) is 0 Å². The second-order valence-electron chi connectivity index (χ2n) is 11.6. The van der Waals surface area contributed by atoms with Gasteiger partial charge in [-0.3, -0.25) is 24.2 Å². The minimum atomic E-state index is -5.12. The first-order chi connectivity index (χ1) is 21.7. The van der Waals surface area contributed by atoms with Crippen LogP contribution in [0.4, 0.5) is 36.4 Å². The zero-order chi connectivity index (χ0) is 35.2. The highest BCUT2D eigenvalue weighted by Crippen LogP contribution is 2.42. The molecule has 252 valence electrons. The summed E-state index contributed by atoms with van der Waals surface area (Å²) in [6.45, 7) is 3.99. The van der Waals surface area contributed by atoms with Gasteiger partial charge in [-0.15, -0.1) is 0 Å². The number of nitrogens with one attached hydrogen (secondary N) is 1. The highest BCUT2D eigenvalue weighted by atomic mass is 19.4. The number of hydroxylamine groups is 2. The number of hydrogen-bond donors (Lipinski definition) is 1. The average molecular weight is 669 g/mol. The number of benzene rings is 2. The predicted molar refractivity (Wildman–Crippen MR) is 156 cm³/mol. The highest BCUT2D eigenvalue weighted by molar-refractivity contribution is 6.03. The van der Waals surface area contributed by atoms with E-state index < -0.39 is 70.0 Å². The van der Waals surface area contributed by atoms with Gasteiger partial charge in [-0.2, -0.15) is 26.3 Å². The summed E-state index contributed by atoms with van der Waals surface area (Å²) in [7, 11) is 3.88. The fourth-order valence-electron chi connectivity index (χ4n) is 5.67. The first-order valence-electron chi connectivity index (χ1n) is 14.1. The molecule has 3 aromatic rings. The van der Waals surface area contributed by atoms with Crippen molar-refractivity contribution >= 4 is 23.4 Å². The van der Waals surface area contributed by atoms with Crippen molar-refractivity contribution in [3.63, 3.8) is 0 Å². The topological polar surface area (TPSA) is 91.8 Å². The number of nitrogens with zero attached hydrogens (tertiary/aromatic N) is 3. The summed E-state index contributed by atoms with van der Waals surface area (Å²) in [5, 5.41) is 3.40. The standard InChI is InChI=1S/C32H31F7N4O4/c1-16-9-20(33)7-8-21(16)22-13-24(23-14-26(44)43(47-6)27(23)28(45)40-4)41-15-25(22)42(5)29(46)30(2,3)17-10-18(31(34,35)36)12-19(11-17)32(37,38)39/h7-13,15,23,27H,14H2,1-6H3,(H,40,45)/t23?,27-/m0/s1. The molecule has 1 aliphatic heterocycles. The second kappa shape index (κ2) is 12.6. The van der Waals surface area contributed by atoms with Crippen molar-refractivity contribution < 1.29 is 50.0 Å². The molecule has 0 bridgehead atoms. The molecule has 4 rings (SSSR count). The van der Waals surface area contributed by atoms with E-state index in [-0.39, 0.29) is 29.4 Å². The number of anilines is 1. The van der Waals surface area contributed by atoms with Crippen molar-refractivity contribution in [3.05, 3.63) is 82.4 Å². The zero-order valence-electron chi connectivity index (χ0n) is 26.1. The summed E-state index contributed by atoms with van der Waals surface area (Å²) in [5.41, 5.74) is -4.18.